The molecule has 2 saturated heterocycles. The van der Waals surface area contributed by atoms with Crippen molar-refractivity contribution >= 4 is 44.0 Å². The lowest BCUT2D eigenvalue weighted by Gasteiger charge is -2.35. The maximum Gasteiger partial charge on any atom is 0.274 e. The molecular formula is C29H37FN6O4S. The lowest BCUT2D eigenvalue weighted by molar-refractivity contribution is 0.102. The summed E-state index contributed by atoms with van der Waals surface area (Å²) in [7, 11) is -1.94. The highest BCUT2D eigenvalue weighted by Gasteiger charge is 2.44. The van der Waals surface area contributed by atoms with Crippen LogP contribution in [0.5, 0.6) is 0 Å². The van der Waals surface area contributed by atoms with E-state index in [1.54, 1.807) is 25.1 Å². The second kappa shape index (κ2) is 10.2. The van der Waals surface area contributed by atoms with Crippen molar-refractivity contribution in [1.82, 2.24) is 14.3 Å². The first kappa shape index (κ1) is 27.9. The van der Waals surface area contributed by atoms with Gasteiger partial charge in [-0.2, -0.15) is 0 Å². The predicted octanol–water partition coefficient (Wildman–Crippen LogP) is 3.41. The molecule has 12 heteroatoms. The number of carbonyl (C=O) groups is 1. The zero-order chi connectivity index (χ0) is 29.0. The maximum atomic E-state index is 14.8. The van der Waals surface area contributed by atoms with E-state index in [-0.39, 0.29) is 30.3 Å². The summed E-state index contributed by atoms with van der Waals surface area (Å²) in [6.07, 6.45) is 6.81. The Labute approximate surface area is 239 Å². The van der Waals surface area contributed by atoms with E-state index in [1.807, 2.05) is 28.8 Å². The van der Waals surface area contributed by atoms with Crippen LogP contribution in [0.25, 0.3) is 10.9 Å². The van der Waals surface area contributed by atoms with Gasteiger partial charge in [0.1, 0.15) is 11.4 Å². The average molecular weight is 585 g/mol. The van der Waals surface area contributed by atoms with Crippen molar-refractivity contribution in [3.05, 3.63) is 42.2 Å². The largest absolute Gasteiger partial charge is 0.395 e. The standard InChI is InChI=1S/C29H37FN6O4S/c1-28(30)8-13-36(19-28)26-25-20(5-12-34(25)2)17-23(32-26)27(38)33-22-4-3-21(41(39,40)31-11-16-37)18-24(22)35-14-9-29(6-7-29)10-15-35/h3-5,12,17-18,31,37H,6-11,13-16,19H2,1-2H3,(H,33,38). The second-order valence-corrected chi connectivity index (χ2v) is 13.8. The van der Waals surface area contributed by atoms with E-state index in [2.05, 4.69) is 14.9 Å². The molecule has 1 atom stereocenters. The van der Waals surface area contributed by atoms with Gasteiger partial charge in [-0.05, 0) is 68.4 Å². The first-order valence-electron chi connectivity index (χ1n) is 14.2. The van der Waals surface area contributed by atoms with E-state index < -0.39 is 21.6 Å². The van der Waals surface area contributed by atoms with Crippen LogP contribution in [0.1, 0.15) is 49.5 Å². The molecule has 0 bridgehead atoms. The quantitative estimate of drug-likeness (QED) is 0.371. The fourth-order valence-electron chi connectivity index (χ4n) is 6.14. The number of carbonyl (C=O) groups excluding carboxylic acids is 1. The maximum absolute atomic E-state index is 14.8. The molecule has 10 nitrogen and oxygen atoms in total. The summed E-state index contributed by atoms with van der Waals surface area (Å²) in [5, 5.41) is 12.9. The lowest BCUT2D eigenvalue weighted by atomic mass is 9.93. The zero-order valence-corrected chi connectivity index (χ0v) is 24.3. The molecule has 0 radical (unpaired) electrons. The lowest BCUT2D eigenvalue weighted by Crippen LogP contribution is -2.35. The number of rotatable bonds is 8. The highest BCUT2D eigenvalue weighted by atomic mass is 32.2. The SMILES string of the molecule is Cn1ccc2cc(C(=O)Nc3ccc(S(=O)(=O)NCCO)cc3N3CCC4(CC3)CC4)nc(N3CCC(C)(F)C3)c21. The normalized spacial score (nSPS) is 22.0. The molecule has 1 aliphatic carbocycles. The van der Waals surface area contributed by atoms with Crippen molar-refractivity contribution in [3.63, 3.8) is 0 Å². The van der Waals surface area contributed by atoms with Gasteiger partial charge in [0.2, 0.25) is 10.0 Å². The minimum absolute atomic E-state index is 0.0695. The van der Waals surface area contributed by atoms with Crippen molar-refractivity contribution in [2.75, 3.05) is 54.4 Å². The molecule has 1 saturated carbocycles. The van der Waals surface area contributed by atoms with Gasteiger partial charge in [-0.25, -0.2) is 22.5 Å². The van der Waals surface area contributed by atoms with E-state index in [0.717, 1.165) is 36.8 Å². The number of sulfonamides is 1. The molecule has 220 valence electrons. The molecule has 41 heavy (non-hydrogen) atoms. The number of fused-ring (bicyclic) bond motifs is 1. The van der Waals surface area contributed by atoms with Gasteiger partial charge in [-0.15, -0.1) is 0 Å². The third kappa shape index (κ3) is 5.52. The van der Waals surface area contributed by atoms with Crippen LogP contribution in [0.15, 0.2) is 41.4 Å². The third-order valence-electron chi connectivity index (χ3n) is 8.84. The Hall–Kier alpha value is -3.22. The summed E-state index contributed by atoms with van der Waals surface area (Å²) < 4.78 is 44.8. The van der Waals surface area contributed by atoms with Crippen LogP contribution >= 0.6 is 0 Å². The minimum atomic E-state index is -3.84. The number of piperidine rings is 1. The van der Waals surface area contributed by atoms with Gasteiger partial charge < -0.3 is 24.8 Å². The number of aromatic nitrogens is 2. The number of aliphatic hydroxyl groups excluding tert-OH is 1. The van der Waals surface area contributed by atoms with Crippen molar-refractivity contribution in [2.24, 2.45) is 12.5 Å². The van der Waals surface area contributed by atoms with Gasteiger partial charge in [0.15, 0.2) is 5.82 Å². The first-order valence-corrected chi connectivity index (χ1v) is 15.7. The smallest absolute Gasteiger partial charge is 0.274 e. The Bertz CT molecular complexity index is 1590. The molecule has 1 aromatic carbocycles. The minimum Gasteiger partial charge on any atom is -0.395 e. The Kier molecular flexibility index (Phi) is 6.98. The molecule has 4 heterocycles. The Morgan fingerprint density at radius 3 is 2.46 bits per heavy atom. The van der Waals surface area contributed by atoms with Crippen molar-refractivity contribution in [2.45, 2.75) is 49.6 Å². The van der Waals surface area contributed by atoms with Crippen LogP contribution in [0.2, 0.25) is 0 Å². The van der Waals surface area contributed by atoms with Gasteiger partial charge in [0, 0.05) is 51.2 Å². The van der Waals surface area contributed by atoms with Crippen molar-refractivity contribution < 1.29 is 22.7 Å². The number of hydrogen-bond acceptors (Lipinski definition) is 7. The van der Waals surface area contributed by atoms with Crippen LogP contribution in [-0.2, 0) is 17.1 Å². The summed E-state index contributed by atoms with van der Waals surface area (Å²) >= 11 is 0. The van der Waals surface area contributed by atoms with Crippen molar-refractivity contribution in [3.8, 4) is 0 Å². The summed E-state index contributed by atoms with van der Waals surface area (Å²) in [6.45, 7) is 3.44. The highest BCUT2D eigenvalue weighted by Crippen LogP contribution is 2.54. The van der Waals surface area contributed by atoms with E-state index in [1.165, 1.54) is 18.9 Å². The van der Waals surface area contributed by atoms with Gasteiger partial charge in [-0.1, -0.05) is 0 Å². The highest BCUT2D eigenvalue weighted by molar-refractivity contribution is 7.89. The second-order valence-electron chi connectivity index (χ2n) is 12.0. The number of aryl methyl sites for hydroxylation is 1. The van der Waals surface area contributed by atoms with Gasteiger partial charge in [0.05, 0.1) is 34.9 Å². The number of benzene rings is 1. The predicted molar refractivity (Wildman–Crippen MR) is 157 cm³/mol. The Morgan fingerprint density at radius 1 is 1.07 bits per heavy atom. The number of hydrogen-bond donors (Lipinski definition) is 3. The Morgan fingerprint density at radius 2 is 1.80 bits per heavy atom. The van der Waals surface area contributed by atoms with Crippen LogP contribution in [-0.4, -0.2) is 74.0 Å². The molecule has 1 unspecified atom stereocenters. The van der Waals surface area contributed by atoms with Gasteiger partial charge in [-0.3, -0.25) is 4.79 Å². The summed E-state index contributed by atoms with van der Waals surface area (Å²) in [4.78, 5) is 22.5. The first-order chi connectivity index (χ1) is 19.5. The molecular weight excluding hydrogens is 547 g/mol. The van der Waals surface area contributed by atoms with Crippen LogP contribution in [0.4, 0.5) is 21.6 Å². The fourth-order valence-corrected chi connectivity index (χ4v) is 7.18. The summed E-state index contributed by atoms with van der Waals surface area (Å²) in [5.41, 5.74) is 1.27. The molecule has 3 aromatic rings. The third-order valence-corrected chi connectivity index (χ3v) is 10.3. The van der Waals surface area contributed by atoms with E-state index in [9.17, 15) is 17.6 Å². The number of nitrogens with one attached hydrogen (secondary N) is 2. The van der Waals surface area contributed by atoms with E-state index >= 15 is 0 Å². The molecule has 1 spiro atoms. The van der Waals surface area contributed by atoms with E-state index in [0.29, 0.717) is 35.6 Å². The number of amides is 1. The Balaban J connectivity index is 1.33. The summed E-state index contributed by atoms with van der Waals surface area (Å²) in [6, 6.07) is 8.30. The number of halogens is 1. The van der Waals surface area contributed by atoms with Gasteiger partial charge >= 0.3 is 0 Å². The molecule has 1 amide bonds. The fraction of sp³-hybridized carbons (Fsp3) is 0.517. The van der Waals surface area contributed by atoms with Crippen LogP contribution in [0, 0.1) is 5.41 Å². The number of nitrogens with zero attached hydrogens (tertiary/aromatic N) is 4. The van der Waals surface area contributed by atoms with Gasteiger partial charge in [0.25, 0.3) is 5.91 Å². The molecule has 2 aliphatic heterocycles. The monoisotopic (exact) mass is 584 g/mol. The van der Waals surface area contributed by atoms with Crippen molar-refractivity contribution in [1.29, 1.82) is 0 Å². The van der Waals surface area contributed by atoms with Crippen LogP contribution < -0.4 is 19.8 Å². The molecule has 3 aliphatic rings. The number of alkyl halides is 1. The number of aliphatic hydroxyl groups is 1. The summed E-state index contributed by atoms with van der Waals surface area (Å²) in [5.74, 6) is 0.147. The molecule has 3 N–H and O–H groups in total. The molecule has 6 rings (SSSR count). The zero-order valence-electron chi connectivity index (χ0n) is 23.5. The van der Waals surface area contributed by atoms with E-state index in [4.69, 9.17) is 10.1 Å². The number of anilines is 3. The van der Waals surface area contributed by atoms with Crippen LogP contribution in [0.3, 0.4) is 0 Å². The average Bonchev–Trinajstić information content (AvgIpc) is 3.44. The topological polar surface area (TPSA) is 120 Å². The molecule has 3 fully saturated rings. The molecule has 2 aromatic heterocycles. The number of pyridine rings is 1.